The highest BCUT2D eigenvalue weighted by molar-refractivity contribution is 5.95. The molecular weight excluding hydrogens is 359 g/mol. The van der Waals surface area contributed by atoms with Gasteiger partial charge in [0.05, 0.1) is 18.7 Å². The second-order valence-electron chi connectivity index (χ2n) is 5.88. The topological polar surface area (TPSA) is 71.3 Å². The molecular formula is C22H17FN2O3. The zero-order valence-electron chi connectivity index (χ0n) is 15.1. The lowest BCUT2D eigenvalue weighted by Crippen LogP contribution is -2.25. The highest BCUT2D eigenvalue weighted by atomic mass is 19.1. The van der Waals surface area contributed by atoms with Gasteiger partial charge in [-0.05, 0) is 36.4 Å². The van der Waals surface area contributed by atoms with Crippen molar-refractivity contribution < 1.29 is 18.7 Å². The number of rotatable bonds is 6. The fourth-order valence-corrected chi connectivity index (χ4v) is 2.60. The summed E-state index contributed by atoms with van der Waals surface area (Å²) in [6, 6.07) is 21.2. The van der Waals surface area contributed by atoms with Crippen molar-refractivity contribution in [1.82, 2.24) is 0 Å². The van der Waals surface area contributed by atoms with E-state index in [1.54, 1.807) is 36.4 Å². The number of benzene rings is 3. The van der Waals surface area contributed by atoms with Crippen molar-refractivity contribution in [3.8, 4) is 17.6 Å². The van der Waals surface area contributed by atoms with Crippen LogP contribution in [-0.4, -0.2) is 13.0 Å². The number of methoxy groups -OCH3 is 1. The van der Waals surface area contributed by atoms with Gasteiger partial charge in [-0.1, -0.05) is 30.3 Å². The number of carbonyl (C=O) groups excluding carboxylic acids is 1. The van der Waals surface area contributed by atoms with Crippen molar-refractivity contribution in [2.45, 2.75) is 6.10 Å². The number of amides is 1. The van der Waals surface area contributed by atoms with Crippen molar-refractivity contribution in [3.63, 3.8) is 0 Å². The molecule has 1 atom stereocenters. The molecule has 0 bridgehead atoms. The van der Waals surface area contributed by atoms with Crippen LogP contribution in [0.5, 0.6) is 11.5 Å². The van der Waals surface area contributed by atoms with Gasteiger partial charge >= 0.3 is 0 Å². The Balaban J connectivity index is 1.91. The molecule has 5 nitrogen and oxygen atoms in total. The first-order chi connectivity index (χ1) is 13.6. The summed E-state index contributed by atoms with van der Waals surface area (Å²) in [6.45, 7) is 0. The monoisotopic (exact) mass is 376 g/mol. The predicted octanol–water partition coefficient (Wildman–Crippen LogP) is 4.46. The summed E-state index contributed by atoms with van der Waals surface area (Å²) in [7, 11) is 1.46. The number of anilines is 1. The van der Waals surface area contributed by atoms with Crippen molar-refractivity contribution in [2.24, 2.45) is 0 Å². The summed E-state index contributed by atoms with van der Waals surface area (Å²) in [5.74, 6) is -0.153. The number of nitrogens with one attached hydrogen (secondary N) is 1. The molecule has 0 saturated heterocycles. The van der Waals surface area contributed by atoms with Crippen LogP contribution in [0.4, 0.5) is 10.1 Å². The lowest BCUT2D eigenvalue weighted by atomic mass is 10.1. The number of hydrogen-bond donors (Lipinski definition) is 1. The van der Waals surface area contributed by atoms with Gasteiger partial charge in [0, 0.05) is 17.3 Å². The van der Waals surface area contributed by atoms with E-state index < -0.39 is 17.8 Å². The normalized spacial score (nSPS) is 11.2. The first-order valence-corrected chi connectivity index (χ1v) is 8.47. The van der Waals surface area contributed by atoms with Crippen LogP contribution in [0.3, 0.4) is 0 Å². The van der Waals surface area contributed by atoms with Gasteiger partial charge in [-0.15, -0.1) is 0 Å². The van der Waals surface area contributed by atoms with Crippen LogP contribution < -0.4 is 14.8 Å². The van der Waals surface area contributed by atoms with Gasteiger partial charge in [0.2, 0.25) is 6.10 Å². The van der Waals surface area contributed by atoms with Crippen LogP contribution in [0.15, 0.2) is 72.8 Å². The molecule has 140 valence electrons. The third kappa shape index (κ3) is 4.46. The second kappa shape index (κ2) is 8.69. The maximum atomic E-state index is 13.1. The molecule has 0 aliphatic rings. The molecule has 3 aromatic carbocycles. The van der Waals surface area contributed by atoms with E-state index in [0.717, 1.165) is 0 Å². The maximum absolute atomic E-state index is 13.1. The van der Waals surface area contributed by atoms with Gasteiger partial charge in [0.1, 0.15) is 5.82 Å². The fraction of sp³-hybridized carbons (Fsp3) is 0.0909. The molecule has 0 radical (unpaired) electrons. The number of halogens is 1. The highest BCUT2D eigenvalue weighted by Gasteiger charge is 2.24. The van der Waals surface area contributed by atoms with Crippen LogP contribution >= 0.6 is 0 Å². The molecule has 6 heteroatoms. The summed E-state index contributed by atoms with van der Waals surface area (Å²) in [5, 5.41) is 11.8. The molecule has 0 saturated carbocycles. The van der Waals surface area contributed by atoms with E-state index >= 15 is 0 Å². The number of nitriles is 1. The van der Waals surface area contributed by atoms with Crippen molar-refractivity contribution >= 4 is 11.6 Å². The molecule has 0 aromatic heterocycles. The van der Waals surface area contributed by atoms with Crippen molar-refractivity contribution in [3.05, 3.63) is 89.7 Å². The molecule has 28 heavy (non-hydrogen) atoms. The maximum Gasteiger partial charge on any atom is 0.270 e. The molecule has 1 amide bonds. The summed E-state index contributed by atoms with van der Waals surface area (Å²) in [5.41, 5.74) is 1.49. The van der Waals surface area contributed by atoms with E-state index in [9.17, 15) is 9.18 Å². The lowest BCUT2D eigenvalue weighted by molar-refractivity contribution is -0.123. The average molecular weight is 376 g/mol. The van der Waals surface area contributed by atoms with Crippen LogP contribution in [0.2, 0.25) is 0 Å². The molecule has 0 aliphatic carbocycles. The predicted molar refractivity (Wildman–Crippen MR) is 103 cm³/mol. The fourth-order valence-electron chi connectivity index (χ4n) is 2.60. The van der Waals surface area contributed by atoms with E-state index in [1.165, 1.54) is 37.4 Å². The summed E-state index contributed by atoms with van der Waals surface area (Å²) >= 11 is 0. The van der Waals surface area contributed by atoms with E-state index in [2.05, 4.69) is 5.32 Å². The highest BCUT2D eigenvalue weighted by Crippen LogP contribution is 2.32. The molecule has 0 aliphatic heterocycles. The zero-order chi connectivity index (χ0) is 19.9. The summed E-state index contributed by atoms with van der Waals surface area (Å²) in [6.07, 6.45) is -0.979. The van der Waals surface area contributed by atoms with Crippen LogP contribution in [0, 0.1) is 17.1 Å². The summed E-state index contributed by atoms with van der Waals surface area (Å²) < 4.78 is 24.4. The molecule has 1 unspecified atom stereocenters. The Morgan fingerprint density at radius 3 is 2.39 bits per heavy atom. The van der Waals surface area contributed by atoms with Gasteiger partial charge in [0.15, 0.2) is 11.5 Å². The van der Waals surface area contributed by atoms with Gasteiger partial charge < -0.3 is 14.8 Å². The van der Waals surface area contributed by atoms with E-state index in [-0.39, 0.29) is 0 Å². The van der Waals surface area contributed by atoms with Gasteiger partial charge in [-0.2, -0.15) is 5.26 Å². The minimum Gasteiger partial charge on any atom is -0.493 e. The Bertz CT molecular complexity index is 999. The number of carbonyl (C=O) groups is 1. The van der Waals surface area contributed by atoms with E-state index in [4.69, 9.17) is 14.7 Å². The minimum atomic E-state index is -0.979. The Morgan fingerprint density at radius 1 is 1.04 bits per heavy atom. The first kappa shape index (κ1) is 18.9. The lowest BCUT2D eigenvalue weighted by Gasteiger charge is -2.20. The molecule has 3 aromatic rings. The molecule has 0 fully saturated rings. The largest absolute Gasteiger partial charge is 0.493 e. The Hall–Kier alpha value is -3.85. The molecule has 3 rings (SSSR count). The standard InChI is InChI=1S/C22H17FN2O3/c1-27-20-13-15(14-24)7-12-19(20)28-21(16-5-3-2-4-6-16)22(26)25-18-10-8-17(23)9-11-18/h2-13,21H,1H3,(H,25,26). The van der Waals surface area contributed by atoms with Crippen LogP contribution in [0.25, 0.3) is 0 Å². The Labute approximate surface area is 162 Å². The Morgan fingerprint density at radius 2 is 1.75 bits per heavy atom. The second-order valence-corrected chi connectivity index (χ2v) is 5.88. The number of nitrogens with zero attached hydrogens (tertiary/aromatic N) is 1. The minimum absolute atomic E-state index is 0.324. The number of hydrogen-bond acceptors (Lipinski definition) is 4. The van der Waals surface area contributed by atoms with Crippen molar-refractivity contribution in [1.29, 1.82) is 5.26 Å². The average Bonchev–Trinajstić information content (AvgIpc) is 2.74. The van der Waals surface area contributed by atoms with Crippen LogP contribution in [0.1, 0.15) is 17.2 Å². The third-order valence-corrected chi connectivity index (χ3v) is 3.99. The molecule has 1 N–H and O–H groups in total. The zero-order valence-corrected chi connectivity index (χ0v) is 15.1. The first-order valence-electron chi connectivity index (χ1n) is 8.47. The van der Waals surface area contributed by atoms with Crippen LogP contribution in [-0.2, 0) is 4.79 Å². The third-order valence-electron chi connectivity index (χ3n) is 3.99. The van der Waals surface area contributed by atoms with E-state index in [1.807, 2.05) is 12.1 Å². The quantitative estimate of drug-likeness (QED) is 0.689. The summed E-state index contributed by atoms with van der Waals surface area (Å²) in [4.78, 5) is 12.9. The molecule has 0 heterocycles. The Kier molecular flexibility index (Phi) is 5.87. The van der Waals surface area contributed by atoms with E-state index in [0.29, 0.717) is 28.3 Å². The van der Waals surface area contributed by atoms with Gasteiger partial charge in [-0.3, -0.25) is 4.79 Å². The smallest absolute Gasteiger partial charge is 0.270 e. The number of ether oxygens (including phenoxy) is 2. The van der Waals surface area contributed by atoms with Gasteiger partial charge in [0.25, 0.3) is 5.91 Å². The van der Waals surface area contributed by atoms with Gasteiger partial charge in [-0.25, -0.2) is 4.39 Å². The SMILES string of the molecule is COc1cc(C#N)ccc1OC(C(=O)Nc1ccc(F)cc1)c1ccccc1. The van der Waals surface area contributed by atoms with Crippen molar-refractivity contribution in [2.75, 3.05) is 12.4 Å². The molecule has 0 spiro atoms.